The van der Waals surface area contributed by atoms with Gasteiger partial charge in [0.25, 0.3) is 0 Å². The summed E-state index contributed by atoms with van der Waals surface area (Å²) in [6, 6.07) is 15.7. The molecule has 1 aliphatic rings. The summed E-state index contributed by atoms with van der Waals surface area (Å²) in [5, 5.41) is 0. The van der Waals surface area contributed by atoms with Gasteiger partial charge in [0.15, 0.2) is 0 Å². The molecule has 0 fully saturated rings. The average molecular weight is 226 g/mol. The van der Waals surface area contributed by atoms with Crippen LogP contribution in [-0.2, 0) is 11.8 Å². The van der Waals surface area contributed by atoms with Crippen molar-refractivity contribution in [3.63, 3.8) is 0 Å². The van der Waals surface area contributed by atoms with E-state index < -0.39 is 0 Å². The highest BCUT2D eigenvalue weighted by molar-refractivity contribution is 5.47. The Morgan fingerprint density at radius 1 is 1.06 bits per heavy atom. The molecule has 0 heterocycles. The van der Waals surface area contributed by atoms with E-state index in [2.05, 4.69) is 31.2 Å². The van der Waals surface area contributed by atoms with Crippen LogP contribution in [0.1, 0.15) is 30.0 Å². The number of halogens is 1. The van der Waals surface area contributed by atoms with Crippen LogP contribution in [0.4, 0.5) is 4.39 Å². The number of rotatable bonds is 1. The Morgan fingerprint density at radius 3 is 2.59 bits per heavy atom. The fraction of sp³-hybridized carbons (Fsp3) is 0.250. The third-order valence-electron chi connectivity index (χ3n) is 3.97. The van der Waals surface area contributed by atoms with Crippen molar-refractivity contribution < 1.29 is 4.39 Å². The lowest BCUT2D eigenvalue weighted by atomic mass is 9.77. The summed E-state index contributed by atoms with van der Waals surface area (Å²) < 4.78 is 13.2. The van der Waals surface area contributed by atoms with Gasteiger partial charge in [-0.3, -0.25) is 0 Å². The molecule has 0 saturated carbocycles. The van der Waals surface area contributed by atoms with Crippen LogP contribution in [0.5, 0.6) is 0 Å². The summed E-state index contributed by atoms with van der Waals surface area (Å²) in [5.74, 6) is -0.124. The van der Waals surface area contributed by atoms with Crippen molar-refractivity contribution in [2.45, 2.75) is 25.2 Å². The molecular formula is C16H15F. The first kappa shape index (κ1) is 10.5. The van der Waals surface area contributed by atoms with Gasteiger partial charge in [-0.2, -0.15) is 0 Å². The molecule has 0 bridgehead atoms. The Kier molecular flexibility index (Phi) is 2.29. The van der Waals surface area contributed by atoms with E-state index in [4.69, 9.17) is 0 Å². The molecule has 1 heteroatoms. The second-order valence-electron chi connectivity index (χ2n) is 5.00. The van der Waals surface area contributed by atoms with E-state index in [-0.39, 0.29) is 11.2 Å². The van der Waals surface area contributed by atoms with Crippen molar-refractivity contribution >= 4 is 0 Å². The highest BCUT2D eigenvalue weighted by Crippen LogP contribution is 2.43. The molecule has 86 valence electrons. The maximum atomic E-state index is 13.2. The van der Waals surface area contributed by atoms with Crippen LogP contribution in [0.3, 0.4) is 0 Å². The van der Waals surface area contributed by atoms with E-state index in [0.717, 1.165) is 18.4 Å². The predicted octanol–water partition coefficient (Wildman–Crippen LogP) is 4.08. The third-order valence-corrected chi connectivity index (χ3v) is 3.97. The standard InChI is InChI=1S/C16H15F/c1-16(13-5-3-2-4-6-13)10-9-12-11-14(17)7-8-15(12)16/h2-8,11H,9-10H2,1H3/t16-/m1/s1. The predicted molar refractivity (Wildman–Crippen MR) is 67.6 cm³/mol. The largest absolute Gasteiger partial charge is 0.207 e. The van der Waals surface area contributed by atoms with Gasteiger partial charge in [0, 0.05) is 5.41 Å². The number of hydrogen-bond donors (Lipinski definition) is 0. The van der Waals surface area contributed by atoms with Gasteiger partial charge in [-0.05, 0) is 41.7 Å². The van der Waals surface area contributed by atoms with Gasteiger partial charge in [-0.25, -0.2) is 4.39 Å². The third kappa shape index (κ3) is 1.57. The molecule has 0 spiro atoms. The fourth-order valence-corrected chi connectivity index (χ4v) is 2.93. The first-order valence-corrected chi connectivity index (χ1v) is 6.04. The molecule has 0 unspecified atom stereocenters. The second kappa shape index (κ2) is 3.69. The van der Waals surface area contributed by atoms with E-state index in [1.54, 1.807) is 12.1 Å². The average Bonchev–Trinajstić information content (AvgIpc) is 2.69. The Morgan fingerprint density at radius 2 is 1.82 bits per heavy atom. The Labute approximate surface area is 101 Å². The zero-order chi connectivity index (χ0) is 11.9. The number of hydrogen-bond acceptors (Lipinski definition) is 0. The Hall–Kier alpha value is -1.63. The summed E-state index contributed by atoms with van der Waals surface area (Å²) in [7, 11) is 0. The minimum Gasteiger partial charge on any atom is -0.207 e. The quantitative estimate of drug-likeness (QED) is 0.687. The van der Waals surface area contributed by atoms with E-state index in [9.17, 15) is 4.39 Å². The molecule has 1 atom stereocenters. The van der Waals surface area contributed by atoms with Crippen LogP contribution < -0.4 is 0 Å². The zero-order valence-electron chi connectivity index (χ0n) is 9.91. The lowest BCUT2D eigenvalue weighted by molar-refractivity contribution is 0.566. The molecule has 0 N–H and O–H groups in total. The van der Waals surface area contributed by atoms with E-state index in [1.165, 1.54) is 11.1 Å². The van der Waals surface area contributed by atoms with Crippen molar-refractivity contribution in [3.8, 4) is 0 Å². The second-order valence-corrected chi connectivity index (χ2v) is 5.00. The van der Waals surface area contributed by atoms with Crippen LogP contribution in [0.15, 0.2) is 48.5 Å². The van der Waals surface area contributed by atoms with Crippen molar-refractivity contribution in [1.29, 1.82) is 0 Å². The van der Waals surface area contributed by atoms with E-state index >= 15 is 0 Å². The molecule has 0 amide bonds. The molecule has 2 aromatic rings. The van der Waals surface area contributed by atoms with Crippen molar-refractivity contribution in [2.75, 3.05) is 0 Å². The molecule has 0 saturated heterocycles. The molecule has 0 aromatic heterocycles. The normalized spacial score (nSPS) is 22.5. The van der Waals surface area contributed by atoms with Gasteiger partial charge in [-0.1, -0.05) is 43.3 Å². The molecule has 2 aromatic carbocycles. The lowest BCUT2D eigenvalue weighted by Gasteiger charge is -2.26. The Balaban J connectivity index is 2.14. The van der Waals surface area contributed by atoms with Gasteiger partial charge in [0.1, 0.15) is 5.82 Å². The van der Waals surface area contributed by atoms with Gasteiger partial charge < -0.3 is 0 Å². The van der Waals surface area contributed by atoms with Crippen molar-refractivity contribution in [3.05, 3.63) is 71.0 Å². The topological polar surface area (TPSA) is 0 Å². The molecule has 0 nitrogen and oxygen atoms in total. The van der Waals surface area contributed by atoms with Crippen LogP contribution in [-0.4, -0.2) is 0 Å². The highest BCUT2D eigenvalue weighted by Gasteiger charge is 2.35. The molecule has 1 aliphatic carbocycles. The van der Waals surface area contributed by atoms with Crippen LogP contribution in [0.2, 0.25) is 0 Å². The van der Waals surface area contributed by atoms with Crippen LogP contribution >= 0.6 is 0 Å². The molecular weight excluding hydrogens is 211 g/mol. The highest BCUT2D eigenvalue weighted by atomic mass is 19.1. The fourth-order valence-electron chi connectivity index (χ4n) is 2.93. The molecule has 3 rings (SSSR count). The van der Waals surface area contributed by atoms with Gasteiger partial charge in [0.2, 0.25) is 0 Å². The van der Waals surface area contributed by atoms with Crippen molar-refractivity contribution in [1.82, 2.24) is 0 Å². The minimum absolute atomic E-state index is 0.0459. The smallest absolute Gasteiger partial charge is 0.123 e. The Bertz CT molecular complexity index is 545. The number of benzene rings is 2. The molecule has 17 heavy (non-hydrogen) atoms. The SMILES string of the molecule is C[C@]1(c2ccccc2)CCc2cc(F)ccc21. The van der Waals surface area contributed by atoms with Gasteiger partial charge in [0.05, 0.1) is 0 Å². The molecule has 0 aliphatic heterocycles. The minimum atomic E-state index is -0.124. The maximum Gasteiger partial charge on any atom is 0.123 e. The van der Waals surface area contributed by atoms with Gasteiger partial charge in [-0.15, -0.1) is 0 Å². The summed E-state index contributed by atoms with van der Waals surface area (Å²) in [6.45, 7) is 2.26. The summed E-state index contributed by atoms with van der Waals surface area (Å²) in [6.07, 6.45) is 2.04. The van der Waals surface area contributed by atoms with Crippen LogP contribution in [0, 0.1) is 5.82 Å². The number of aryl methyl sites for hydroxylation is 1. The summed E-state index contributed by atoms with van der Waals surface area (Å²) >= 11 is 0. The van der Waals surface area contributed by atoms with E-state index in [1.807, 2.05) is 12.1 Å². The first-order chi connectivity index (χ1) is 8.20. The van der Waals surface area contributed by atoms with Crippen LogP contribution in [0.25, 0.3) is 0 Å². The lowest BCUT2D eigenvalue weighted by Crippen LogP contribution is -2.19. The maximum absolute atomic E-state index is 13.2. The van der Waals surface area contributed by atoms with E-state index in [0.29, 0.717) is 0 Å². The summed E-state index contributed by atoms with van der Waals surface area (Å²) in [4.78, 5) is 0. The monoisotopic (exact) mass is 226 g/mol. The summed E-state index contributed by atoms with van der Waals surface area (Å²) in [5.41, 5.74) is 3.82. The van der Waals surface area contributed by atoms with Gasteiger partial charge >= 0.3 is 0 Å². The number of fused-ring (bicyclic) bond motifs is 1. The zero-order valence-corrected chi connectivity index (χ0v) is 9.91. The first-order valence-electron chi connectivity index (χ1n) is 6.04. The molecule has 0 radical (unpaired) electrons. The van der Waals surface area contributed by atoms with Crippen molar-refractivity contribution in [2.24, 2.45) is 0 Å².